The SMILES string of the molecule is CC(C)CN(C(=O)Cn1nc(-c2ccccc2Cl)ccc1=O)[C@H]1CCS(=O)(=O)C1. The van der Waals surface area contributed by atoms with E-state index >= 15 is 0 Å². The summed E-state index contributed by atoms with van der Waals surface area (Å²) >= 11 is 6.22. The monoisotopic (exact) mass is 437 g/mol. The Morgan fingerprint density at radius 2 is 2.00 bits per heavy atom. The highest BCUT2D eigenvalue weighted by molar-refractivity contribution is 7.91. The van der Waals surface area contributed by atoms with Crippen molar-refractivity contribution in [2.75, 3.05) is 18.1 Å². The Morgan fingerprint density at radius 3 is 2.62 bits per heavy atom. The van der Waals surface area contributed by atoms with Crippen molar-refractivity contribution >= 4 is 27.3 Å². The van der Waals surface area contributed by atoms with Gasteiger partial charge in [-0.25, -0.2) is 13.1 Å². The zero-order valence-corrected chi connectivity index (χ0v) is 18.0. The number of benzene rings is 1. The molecule has 1 aromatic heterocycles. The van der Waals surface area contributed by atoms with Crippen molar-refractivity contribution in [1.82, 2.24) is 14.7 Å². The third-order valence-corrected chi connectivity index (χ3v) is 6.91. The van der Waals surface area contributed by atoms with Gasteiger partial charge in [-0.3, -0.25) is 9.59 Å². The van der Waals surface area contributed by atoms with E-state index in [0.29, 0.717) is 29.2 Å². The molecule has 1 aromatic carbocycles. The summed E-state index contributed by atoms with van der Waals surface area (Å²) in [6, 6.07) is 9.68. The lowest BCUT2D eigenvalue weighted by Gasteiger charge is -2.30. The van der Waals surface area contributed by atoms with E-state index in [9.17, 15) is 18.0 Å². The fourth-order valence-corrected chi connectivity index (χ4v) is 5.43. The minimum absolute atomic E-state index is 0.0343. The number of carbonyl (C=O) groups excluding carboxylic acids is 1. The highest BCUT2D eigenvalue weighted by atomic mass is 35.5. The van der Waals surface area contributed by atoms with E-state index in [0.717, 1.165) is 4.68 Å². The third kappa shape index (κ3) is 5.25. The Hall–Kier alpha value is -2.19. The van der Waals surface area contributed by atoms with Crippen LogP contribution < -0.4 is 5.56 Å². The van der Waals surface area contributed by atoms with Crippen LogP contribution in [0.5, 0.6) is 0 Å². The van der Waals surface area contributed by atoms with Crippen molar-refractivity contribution < 1.29 is 13.2 Å². The number of hydrogen-bond acceptors (Lipinski definition) is 5. The summed E-state index contributed by atoms with van der Waals surface area (Å²) in [6.07, 6.45) is 0.419. The molecule has 1 fully saturated rings. The molecular formula is C20H24ClN3O4S. The molecule has 2 aromatic rings. The van der Waals surface area contributed by atoms with Crippen LogP contribution in [0.1, 0.15) is 20.3 Å². The van der Waals surface area contributed by atoms with Gasteiger partial charge >= 0.3 is 0 Å². The van der Waals surface area contributed by atoms with Crippen LogP contribution in [0.4, 0.5) is 0 Å². The molecule has 1 atom stereocenters. The minimum Gasteiger partial charge on any atom is -0.337 e. The summed E-state index contributed by atoms with van der Waals surface area (Å²) in [5.74, 6) is -0.0965. The van der Waals surface area contributed by atoms with Gasteiger partial charge < -0.3 is 4.90 Å². The summed E-state index contributed by atoms with van der Waals surface area (Å²) in [4.78, 5) is 26.9. The van der Waals surface area contributed by atoms with Crippen LogP contribution in [0.25, 0.3) is 11.3 Å². The third-order valence-electron chi connectivity index (χ3n) is 4.83. The van der Waals surface area contributed by atoms with Crippen molar-refractivity contribution in [1.29, 1.82) is 0 Å². The second kappa shape index (κ2) is 8.67. The van der Waals surface area contributed by atoms with E-state index < -0.39 is 15.4 Å². The summed E-state index contributed by atoms with van der Waals surface area (Å²) in [7, 11) is -3.13. The van der Waals surface area contributed by atoms with Gasteiger partial charge in [0.2, 0.25) is 5.91 Å². The smallest absolute Gasteiger partial charge is 0.267 e. The second-order valence-electron chi connectivity index (χ2n) is 7.69. The predicted octanol–water partition coefficient (Wildman–Crippen LogP) is 2.24. The lowest BCUT2D eigenvalue weighted by Crippen LogP contribution is -2.46. The first kappa shape index (κ1) is 21.5. The number of sulfone groups is 1. The molecule has 3 rings (SSSR count). The molecule has 0 saturated carbocycles. The average molecular weight is 438 g/mol. The molecule has 7 nitrogen and oxygen atoms in total. The number of hydrogen-bond donors (Lipinski definition) is 0. The summed E-state index contributed by atoms with van der Waals surface area (Å²) < 4.78 is 24.9. The highest BCUT2D eigenvalue weighted by Gasteiger charge is 2.35. The quantitative estimate of drug-likeness (QED) is 0.691. The van der Waals surface area contributed by atoms with Gasteiger partial charge in [0.15, 0.2) is 9.84 Å². The highest BCUT2D eigenvalue weighted by Crippen LogP contribution is 2.25. The Kier molecular flexibility index (Phi) is 6.43. The Bertz CT molecular complexity index is 1070. The summed E-state index contributed by atoms with van der Waals surface area (Å²) in [5, 5.41) is 4.81. The second-order valence-corrected chi connectivity index (χ2v) is 10.3. The fourth-order valence-electron chi connectivity index (χ4n) is 3.46. The molecule has 0 bridgehead atoms. The topological polar surface area (TPSA) is 89.3 Å². The molecule has 0 unspecified atom stereocenters. The number of halogens is 1. The summed E-state index contributed by atoms with van der Waals surface area (Å²) in [6.45, 7) is 4.11. The molecule has 0 N–H and O–H groups in total. The molecular weight excluding hydrogens is 414 g/mol. The van der Waals surface area contributed by atoms with Crippen LogP contribution in [0.15, 0.2) is 41.2 Å². The van der Waals surface area contributed by atoms with E-state index in [2.05, 4.69) is 5.10 Å². The standard InChI is InChI=1S/C20H24ClN3O4S/c1-14(2)11-23(15-9-10-29(27,28)13-15)20(26)12-24-19(25)8-7-18(22-24)16-5-3-4-6-17(16)21/h3-8,14-15H,9-13H2,1-2H3/t15-/m0/s1. The average Bonchev–Trinajstić information content (AvgIpc) is 3.01. The van der Waals surface area contributed by atoms with Crippen LogP contribution in [-0.2, 0) is 21.2 Å². The maximum Gasteiger partial charge on any atom is 0.267 e. The molecule has 1 aliphatic heterocycles. The minimum atomic E-state index is -3.13. The van der Waals surface area contributed by atoms with Gasteiger partial charge in [-0.05, 0) is 24.5 Å². The molecule has 156 valence electrons. The van der Waals surface area contributed by atoms with E-state index in [1.807, 2.05) is 19.9 Å². The molecule has 29 heavy (non-hydrogen) atoms. The molecule has 1 saturated heterocycles. The van der Waals surface area contributed by atoms with Gasteiger partial charge in [0, 0.05) is 24.2 Å². The number of rotatable bonds is 6. The lowest BCUT2D eigenvalue weighted by atomic mass is 10.1. The van der Waals surface area contributed by atoms with Gasteiger partial charge in [0.05, 0.1) is 22.2 Å². The van der Waals surface area contributed by atoms with Crippen molar-refractivity contribution in [3.8, 4) is 11.3 Å². The molecule has 0 radical (unpaired) electrons. The number of aromatic nitrogens is 2. The molecule has 0 spiro atoms. The zero-order valence-electron chi connectivity index (χ0n) is 16.4. The predicted molar refractivity (Wildman–Crippen MR) is 113 cm³/mol. The van der Waals surface area contributed by atoms with Crippen LogP contribution >= 0.6 is 11.6 Å². The van der Waals surface area contributed by atoms with Crippen LogP contribution in [0.3, 0.4) is 0 Å². The van der Waals surface area contributed by atoms with Crippen LogP contribution in [0.2, 0.25) is 5.02 Å². The Labute approximate surface area is 175 Å². The van der Waals surface area contributed by atoms with Crippen molar-refractivity contribution in [3.05, 3.63) is 51.8 Å². The van der Waals surface area contributed by atoms with Crippen molar-refractivity contribution in [2.24, 2.45) is 5.92 Å². The molecule has 0 aliphatic carbocycles. The van der Waals surface area contributed by atoms with Crippen LogP contribution in [-0.4, -0.2) is 53.1 Å². The van der Waals surface area contributed by atoms with Crippen molar-refractivity contribution in [2.45, 2.75) is 32.9 Å². The van der Waals surface area contributed by atoms with Gasteiger partial charge in [0.1, 0.15) is 6.54 Å². The van der Waals surface area contributed by atoms with E-state index in [1.165, 1.54) is 6.07 Å². The van der Waals surface area contributed by atoms with Gasteiger partial charge in [0.25, 0.3) is 5.56 Å². The summed E-state index contributed by atoms with van der Waals surface area (Å²) in [5.41, 5.74) is 0.746. The Morgan fingerprint density at radius 1 is 1.28 bits per heavy atom. The molecule has 9 heteroatoms. The largest absolute Gasteiger partial charge is 0.337 e. The van der Waals surface area contributed by atoms with Gasteiger partial charge in [-0.1, -0.05) is 43.6 Å². The number of carbonyl (C=O) groups is 1. The fraction of sp³-hybridized carbons (Fsp3) is 0.450. The number of amides is 1. The normalized spacial score (nSPS) is 18.1. The first-order valence-electron chi connectivity index (χ1n) is 9.49. The maximum atomic E-state index is 13.0. The van der Waals surface area contributed by atoms with E-state index in [-0.39, 0.29) is 35.9 Å². The Balaban J connectivity index is 1.87. The molecule has 1 aliphatic rings. The van der Waals surface area contributed by atoms with E-state index in [4.69, 9.17) is 11.6 Å². The zero-order chi connectivity index (χ0) is 21.2. The first-order chi connectivity index (χ1) is 13.7. The maximum absolute atomic E-state index is 13.0. The number of nitrogens with zero attached hydrogens (tertiary/aromatic N) is 3. The molecule has 1 amide bonds. The molecule has 2 heterocycles. The van der Waals surface area contributed by atoms with Crippen molar-refractivity contribution in [3.63, 3.8) is 0 Å². The van der Waals surface area contributed by atoms with Gasteiger partial charge in [-0.2, -0.15) is 5.10 Å². The van der Waals surface area contributed by atoms with E-state index in [1.54, 1.807) is 29.2 Å². The van der Waals surface area contributed by atoms with Crippen LogP contribution in [0, 0.1) is 5.92 Å². The van der Waals surface area contributed by atoms with Gasteiger partial charge in [-0.15, -0.1) is 0 Å². The first-order valence-corrected chi connectivity index (χ1v) is 11.7. The lowest BCUT2D eigenvalue weighted by molar-refractivity contribution is -0.134.